The van der Waals surface area contributed by atoms with Gasteiger partial charge in [0.25, 0.3) is 0 Å². The fourth-order valence-corrected chi connectivity index (χ4v) is 1.94. The van der Waals surface area contributed by atoms with E-state index in [2.05, 4.69) is 45.8 Å². The topological polar surface area (TPSA) is 16.1 Å². The maximum Gasteiger partial charge on any atom is 0.131 e. The number of unbranched alkanes of at least 4 members (excludes halogenated alkanes) is 1. The fraction of sp³-hybridized carbons (Fsp3) is 0.643. The smallest absolute Gasteiger partial charge is 0.131 e. The summed E-state index contributed by atoms with van der Waals surface area (Å²) in [5, 5.41) is 0. The first-order valence-electron chi connectivity index (χ1n) is 6.19. The van der Waals surface area contributed by atoms with Gasteiger partial charge in [0.15, 0.2) is 0 Å². The Balaban J connectivity index is 3.07. The van der Waals surface area contributed by atoms with Crippen LogP contribution in [0.4, 0.5) is 5.82 Å². The molecule has 0 aliphatic rings. The van der Waals surface area contributed by atoms with Crippen molar-refractivity contribution in [3.8, 4) is 0 Å². The minimum absolute atomic E-state index is 1.02. The van der Waals surface area contributed by atoms with E-state index in [9.17, 15) is 0 Å². The lowest BCUT2D eigenvalue weighted by Gasteiger charge is -2.18. The first-order chi connectivity index (χ1) is 7.60. The van der Waals surface area contributed by atoms with Crippen LogP contribution in [0, 0.1) is 13.0 Å². The molecule has 0 saturated heterocycles. The first-order valence-corrected chi connectivity index (χ1v) is 6.19. The second-order valence-electron chi connectivity index (χ2n) is 4.46. The van der Waals surface area contributed by atoms with E-state index in [1.165, 1.54) is 24.0 Å². The highest BCUT2D eigenvalue weighted by Crippen LogP contribution is 2.21. The van der Waals surface area contributed by atoms with E-state index in [-0.39, 0.29) is 0 Å². The molecule has 1 heterocycles. The van der Waals surface area contributed by atoms with E-state index in [0.717, 1.165) is 24.4 Å². The van der Waals surface area contributed by atoms with E-state index in [1.807, 2.05) is 0 Å². The van der Waals surface area contributed by atoms with Gasteiger partial charge in [-0.15, -0.1) is 0 Å². The third-order valence-corrected chi connectivity index (χ3v) is 2.84. The lowest BCUT2D eigenvalue weighted by molar-refractivity contribution is 0.770. The van der Waals surface area contributed by atoms with Gasteiger partial charge >= 0.3 is 0 Å². The monoisotopic (exact) mass is 219 g/mol. The van der Waals surface area contributed by atoms with Crippen molar-refractivity contribution >= 4 is 5.82 Å². The summed E-state index contributed by atoms with van der Waals surface area (Å²) in [4.78, 5) is 6.82. The summed E-state index contributed by atoms with van der Waals surface area (Å²) in [6.45, 7) is 6.53. The van der Waals surface area contributed by atoms with Crippen LogP contribution in [-0.2, 0) is 12.8 Å². The summed E-state index contributed by atoms with van der Waals surface area (Å²) in [6.07, 6.45) is 4.47. The Morgan fingerprint density at radius 3 is 2.44 bits per heavy atom. The predicted octanol–water partition coefficient (Wildman–Crippen LogP) is 3.16. The zero-order chi connectivity index (χ0) is 12.1. The molecule has 1 radical (unpaired) electrons. The molecule has 0 aromatic carbocycles. The van der Waals surface area contributed by atoms with Crippen LogP contribution in [0.25, 0.3) is 0 Å². The molecule has 0 spiro atoms. The SMILES string of the molecule is CCCCc1[c]c(C)c(CC)c(N(C)C)n1. The standard InChI is InChI=1S/C14H23N2/c1-6-8-9-12-10-11(3)13(7-2)14(15-12)16(4)5/h6-9H2,1-5H3. The number of hydrogen-bond donors (Lipinski definition) is 0. The van der Waals surface area contributed by atoms with E-state index >= 15 is 0 Å². The van der Waals surface area contributed by atoms with Gasteiger partial charge in [0.2, 0.25) is 0 Å². The highest BCUT2D eigenvalue weighted by Gasteiger charge is 2.10. The lowest BCUT2D eigenvalue weighted by Crippen LogP contribution is -2.15. The first kappa shape index (κ1) is 13.0. The molecule has 1 aromatic rings. The summed E-state index contributed by atoms with van der Waals surface area (Å²) in [5.74, 6) is 1.12. The van der Waals surface area contributed by atoms with E-state index in [4.69, 9.17) is 4.98 Å². The Morgan fingerprint density at radius 2 is 1.94 bits per heavy atom. The summed E-state index contributed by atoms with van der Waals surface area (Å²) in [6, 6.07) is 3.42. The van der Waals surface area contributed by atoms with E-state index in [1.54, 1.807) is 0 Å². The van der Waals surface area contributed by atoms with Gasteiger partial charge in [-0.25, -0.2) is 4.98 Å². The minimum Gasteiger partial charge on any atom is -0.363 e. The van der Waals surface area contributed by atoms with Crippen LogP contribution in [-0.4, -0.2) is 19.1 Å². The summed E-state index contributed by atoms with van der Waals surface area (Å²) < 4.78 is 0. The normalized spacial score (nSPS) is 10.6. The van der Waals surface area contributed by atoms with Gasteiger partial charge in [-0.2, -0.15) is 0 Å². The summed E-state index contributed by atoms with van der Waals surface area (Å²) >= 11 is 0. The van der Waals surface area contributed by atoms with Crippen molar-refractivity contribution < 1.29 is 0 Å². The summed E-state index contributed by atoms with van der Waals surface area (Å²) in [5.41, 5.74) is 3.69. The molecular formula is C14H23N2. The van der Waals surface area contributed by atoms with Crippen molar-refractivity contribution in [1.82, 2.24) is 4.98 Å². The highest BCUT2D eigenvalue weighted by molar-refractivity contribution is 5.50. The van der Waals surface area contributed by atoms with Crippen molar-refractivity contribution in [3.05, 3.63) is 22.9 Å². The van der Waals surface area contributed by atoms with Crippen LogP contribution < -0.4 is 4.90 Å². The fourth-order valence-electron chi connectivity index (χ4n) is 1.94. The van der Waals surface area contributed by atoms with Crippen LogP contribution in [0.5, 0.6) is 0 Å². The van der Waals surface area contributed by atoms with Crippen molar-refractivity contribution in [2.75, 3.05) is 19.0 Å². The van der Waals surface area contributed by atoms with Gasteiger partial charge in [0.1, 0.15) is 5.82 Å². The zero-order valence-electron chi connectivity index (χ0n) is 11.2. The minimum atomic E-state index is 1.02. The Hall–Kier alpha value is -1.05. The number of aryl methyl sites for hydroxylation is 2. The third kappa shape index (κ3) is 2.97. The molecule has 1 aromatic heterocycles. The molecule has 0 N–H and O–H groups in total. The van der Waals surface area contributed by atoms with Gasteiger partial charge in [-0.1, -0.05) is 20.3 Å². The predicted molar refractivity (Wildman–Crippen MR) is 70.1 cm³/mol. The molecule has 2 heteroatoms. The maximum absolute atomic E-state index is 4.71. The lowest BCUT2D eigenvalue weighted by atomic mass is 10.0. The average molecular weight is 219 g/mol. The average Bonchev–Trinajstić information content (AvgIpc) is 2.25. The number of anilines is 1. The molecule has 89 valence electrons. The van der Waals surface area contributed by atoms with Gasteiger partial charge < -0.3 is 4.90 Å². The number of nitrogens with zero attached hydrogens (tertiary/aromatic N) is 2. The van der Waals surface area contributed by atoms with Crippen LogP contribution in [0.2, 0.25) is 0 Å². The molecule has 0 atom stereocenters. The molecule has 0 saturated carbocycles. The molecule has 0 aliphatic heterocycles. The molecule has 1 rings (SSSR count). The molecule has 0 fully saturated rings. The maximum atomic E-state index is 4.71. The largest absolute Gasteiger partial charge is 0.363 e. The zero-order valence-corrected chi connectivity index (χ0v) is 11.2. The number of hydrogen-bond acceptors (Lipinski definition) is 2. The quantitative estimate of drug-likeness (QED) is 0.756. The third-order valence-electron chi connectivity index (χ3n) is 2.84. The van der Waals surface area contributed by atoms with Crippen LogP contribution >= 0.6 is 0 Å². The highest BCUT2D eigenvalue weighted by atomic mass is 15.1. The van der Waals surface area contributed by atoms with Crippen molar-refractivity contribution in [2.45, 2.75) is 46.5 Å². The molecule has 0 unspecified atom stereocenters. The van der Waals surface area contributed by atoms with Crippen molar-refractivity contribution in [2.24, 2.45) is 0 Å². The van der Waals surface area contributed by atoms with Gasteiger partial charge in [-0.05, 0) is 37.3 Å². The number of rotatable bonds is 5. The van der Waals surface area contributed by atoms with Crippen LogP contribution in [0.3, 0.4) is 0 Å². The number of pyridine rings is 1. The molecule has 0 aliphatic carbocycles. The van der Waals surface area contributed by atoms with Crippen molar-refractivity contribution in [1.29, 1.82) is 0 Å². The second-order valence-corrected chi connectivity index (χ2v) is 4.46. The van der Waals surface area contributed by atoms with Gasteiger partial charge in [0, 0.05) is 20.2 Å². The molecule has 0 bridgehead atoms. The van der Waals surface area contributed by atoms with E-state index in [0.29, 0.717) is 0 Å². The molecule has 2 nitrogen and oxygen atoms in total. The Morgan fingerprint density at radius 1 is 1.25 bits per heavy atom. The van der Waals surface area contributed by atoms with Crippen molar-refractivity contribution in [3.63, 3.8) is 0 Å². The second kappa shape index (κ2) is 5.88. The van der Waals surface area contributed by atoms with Gasteiger partial charge in [0.05, 0.1) is 5.69 Å². The number of aromatic nitrogens is 1. The van der Waals surface area contributed by atoms with Gasteiger partial charge in [-0.3, -0.25) is 0 Å². The van der Waals surface area contributed by atoms with E-state index < -0.39 is 0 Å². The molecular weight excluding hydrogens is 196 g/mol. The van der Waals surface area contributed by atoms with Crippen LogP contribution in [0.15, 0.2) is 0 Å². The molecule has 0 amide bonds. The Kier molecular flexibility index (Phi) is 4.78. The summed E-state index contributed by atoms with van der Waals surface area (Å²) in [7, 11) is 4.12. The Labute approximate surface area is 99.7 Å². The van der Waals surface area contributed by atoms with Crippen LogP contribution in [0.1, 0.15) is 43.5 Å². The Bertz CT molecular complexity index is 343. The molecule has 16 heavy (non-hydrogen) atoms.